The number of hydrogen-bond donors (Lipinski definition) is 1. The lowest BCUT2D eigenvalue weighted by molar-refractivity contribution is 0.660. The first kappa shape index (κ1) is 20.8. The van der Waals surface area contributed by atoms with Crippen LogP contribution in [0.25, 0.3) is 16.2 Å². The van der Waals surface area contributed by atoms with Crippen LogP contribution < -0.4 is 5.32 Å². The molecule has 0 saturated carbocycles. The zero-order valence-corrected chi connectivity index (χ0v) is 19.5. The van der Waals surface area contributed by atoms with Gasteiger partial charge in [0.05, 0.1) is 6.04 Å². The fourth-order valence-corrected chi connectivity index (χ4v) is 5.16. The molecule has 1 atom stereocenters. The average Bonchev–Trinajstić information content (AvgIpc) is 2.95. The van der Waals surface area contributed by atoms with Gasteiger partial charge in [-0.05, 0) is 59.9 Å². The molecule has 30 heavy (non-hydrogen) atoms. The third-order valence-corrected chi connectivity index (χ3v) is 6.54. The van der Waals surface area contributed by atoms with Crippen molar-refractivity contribution in [2.24, 2.45) is 0 Å². The van der Waals surface area contributed by atoms with Crippen molar-refractivity contribution in [3.63, 3.8) is 0 Å². The molecule has 3 aromatic carbocycles. The molecule has 3 aromatic rings. The van der Waals surface area contributed by atoms with Crippen molar-refractivity contribution in [1.29, 1.82) is 0 Å². The largest absolute Gasteiger partial charge is 0.374 e. The molecule has 1 unspecified atom stereocenters. The standard InChI is InChI=1S/C26H24ClN.C2H6/c1-15-9-16(2)11-17(10-15)24-14-23(27)20-12-19-18-7-5-6-8-21(18)26(3,4)22(19)13-25(20)28-24;1-2/h5-14,24,28H,1-4H3;1-2H3. The van der Waals surface area contributed by atoms with Gasteiger partial charge < -0.3 is 5.32 Å². The van der Waals surface area contributed by atoms with E-state index in [0.29, 0.717) is 0 Å². The fraction of sp³-hybridized carbons (Fsp3) is 0.286. The van der Waals surface area contributed by atoms with Gasteiger partial charge in [0.2, 0.25) is 0 Å². The van der Waals surface area contributed by atoms with Crippen LogP contribution >= 0.6 is 11.6 Å². The average molecular weight is 416 g/mol. The summed E-state index contributed by atoms with van der Waals surface area (Å²) in [5.41, 5.74) is 11.4. The molecule has 0 radical (unpaired) electrons. The lowest BCUT2D eigenvalue weighted by Crippen LogP contribution is -2.18. The van der Waals surface area contributed by atoms with E-state index in [1.165, 1.54) is 38.9 Å². The molecule has 1 aliphatic carbocycles. The Morgan fingerprint density at radius 3 is 2.17 bits per heavy atom. The second-order valence-electron chi connectivity index (χ2n) is 8.67. The van der Waals surface area contributed by atoms with Crippen molar-refractivity contribution in [2.75, 3.05) is 5.32 Å². The Hall–Kier alpha value is -2.51. The summed E-state index contributed by atoms with van der Waals surface area (Å²) in [4.78, 5) is 0. The summed E-state index contributed by atoms with van der Waals surface area (Å²) in [6.07, 6.45) is 2.14. The Balaban J connectivity index is 0.00000106. The first-order valence-electron chi connectivity index (χ1n) is 10.9. The molecular formula is C28H30ClN. The highest BCUT2D eigenvalue weighted by Gasteiger charge is 2.36. The molecule has 1 aliphatic heterocycles. The molecule has 1 heterocycles. The first-order valence-corrected chi connectivity index (χ1v) is 11.2. The summed E-state index contributed by atoms with van der Waals surface area (Å²) in [5, 5.41) is 4.55. The van der Waals surface area contributed by atoms with E-state index in [-0.39, 0.29) is 11.5 Å². The van der Waals surface area contributed by atoms with Gasteiger partial charge in [-0.3, -0.25) is 0 Å². The highest BCUT2D eigenvalue weighted by Crippen LogP contribution is 2.52. The molecule has 0 saturated heterocycles. The van der Waals surface area contributed by atoms with Gasteiger partial charge >= 0.3 is 0 Å². The lowest BCUT2D eigenvalue weighted by Gasteiger charge is -2.28. The molecule has 0 spiro atoms. The number of anilines is 1. The summed E-state index contributed by atoms with van der Waals surface area (Å²) in [6, 6.07) is 20.1. The van der Waals surface area contributed by atoms with Crippen molar-refractivity contribution in [2.45, 2.75) is 53.0 Å². The summed E-state index contributed by atoms with van der Waals surface area (Å²) >= 11 is 6.79. The van der Waals surface area contributed by atoms with Crippen LogP contribution in [0.15, 0.2) is 60.7 Å². The van der Waals surface area contributed by atoms with Gasteiger partial charge in [-0.15, -0.1) is 0 Å². The third-order valence-electron chi connectivity index (χ3n) is 6.21. The number of benzene rings is 3. The van der Waals surface area contributed by atoms with Crippen LogP contribution in [0.3, 0.4) is 0 Å². The molecular weight excluding hydrogens is 386 g/mol. The molecule has 1 nitrogen and oxygen atoms in total. The predicted molar refractivity (Wildman–Crippen MR) is 131 cm³/mol. The Morgan fingerprint density at radius 2 is 1.47 bits per heavy atom. The normalized spacial score (nSPS) is 17.6. The van der Waals surface area contributed by atoms with Crippen LogP contribution in [0.1, 0.15) is 67.1 Å². The van der Waals surface area contributed by atoms with Crippen molar-refractivity contribution in [1.82, 2.24) is 0 Å². The van der Waals surface area contributed by atoms with E-state index in [2.05, 4.69) is 93.7 Å². The number of nitrogens with one attached hydrogen (secondary N) is 1. The molecule has 5 rings (SSSR count). The minimum Gasteiger partial charge on any atom is -0.374 e. The van der Waals surface area contributed by atoms with Gasteiger partial charge in [0.1, 0.15) is 0 Å². The molecule has 2 aliphatic rings. The Bertz CT molecular complexity index is 1130. The molecule has 2 heteroatoms. The zero-order chi connectivity index (χ0) is 21.6. The molecule has 0 amide bonds. The number of halogens is 1. The topological polar surface area (TPSA) is 12.0 Å². The zero-order valence-electron chi connectivity index (χ0n) is 18.7. The van der Waals surface area contributed by atoms with E-state index in [1.807, 2.05) is 13.8 Å². The van der Waals surface area contributed by atoms with Gasteiger partial charge in [-0.25, -0.2) is 0 Å². The van der Waals surface area contributed by atoms with Gasteiger partial charge in [-0.1, -0.05) is 92.9 Å². The third kappa shape index (κ3) is 3.26. The number of aryl methyl sites for hydroxylation is 2. The maximum atomic E-state index is 6.79. The quantitative estimate of drug-likeness (QED) is 0.420. The van der Waals surface area contributed by atoms with E-state index < -0.39 is 0 Å². The van der Waals surface area contributed by atoms with Crippen molar-refractivity contribution in [3.8, 4) is 11.1 Å². The van der Waals surface area contributed by atoms with E-state index in [1.54, 1.807) is 0 Å². The summed E-state index contributed by atoms with van der Waals surface area (Å²) in [6.45, 7) is 12.9. The maximum Gasteiger partial charge on any atom is 0.0715 e. The Morgan fingerprint density at radius 1 is 0.800 bits per heavy atom. The summed E-state index contributed by atoms with van der Waals surface area (Å²) in [7, 11) is 0. The molecule has 0 aromatic heterocycles. The summed E-state index contributed by atoms with van der Waals surface area (Å²) in [5.74, 6) is 0. The molecule has 0 fully saturated rings. The van der Waals surface area contributed by atoms with Crippen LogP contribution in [0.2, 0.25) is 0 Å². The Labute approximate surface area is 185 Å². The van der Waals surface area contributed by atoms with Crippen LogP contribution in [0, 0.1) is 13.8 Å². The number of hydrogen-bond acceptors (Lipinski definition) is 1. The first-order chi connectivity index (χ1) is 14.3. The fourth-order valence-electron chi connectivity index (χ4n) is 4.88. The monoisotopic (exact) mass is 415 g/mol. The number of fused-ring (bicyclic) bond motifs is 4. The van der Waals surface area contributed by atoms with Crippen molar-refractivity contribution in [3.05, 3.63) is 94.1 Å². The second kappa shape index (κ2) is 7.63. The maximum absolute atomic E-state index is 6.79. The van der Waals surface area contributed by atoms with Crippen LogP contribution in [0.5, 0.6) is 0 Å². The molecule has 154 valence electrons. The number of rotatable bonds is 1. The van der Waals surface area contributed by atoms with Crippen LogP contribution in [-0.2, 0) is 5.41 Å². The van der Waals surface area contributed by atoms with E-state index >= 15 is 0 Å². The van der Waals surface area contributed by atoms with Gasteiger partial charge in [-0.2, -0.15) is 0 Å². The van der Waals surface area contributed by atoms with E-state index in [4.69, 9.17) is 11.6 Å². The van der Waals surface area contributed by atoms with Crippen LogP contribution in [0.4, 0.5) is 5.69 Å². The van der Waals surface area contributed by atoms with Crippen molar-refractivity contribution >= 4 is 22.3 Å². The van der Waals surface area contributed by atoms with E-state index in [0.717, 1.165) is 16.3 Å². The summed E-state index contributed by atoms with van der Waals surface area (Å²) < 4.78 is 0. The van der Waals surface area contributed by atoms with Crippen molar-refractivity contribution < 1.29 is 0 Å². The van der Waals surface area contributed by atoms with Gasteiger partial charge in [0, 0.05) is 21.7 Å². The minimum absolute atomic E-state index is 0.00824. The van der Waals surface area contributed by atoms with E-state index in [9.17, 15) is 0 Å². The predicted octanol–water partition coefficient (Wildman–Crippen LogP) is 8.38. The Kier molecular flexibility index (Phi) is 5.28. The van der Waals surface area contributed by atoms with Gasteiger partial charge in [0.25, 0.3) is 0 Å². The molecule has 0 bridgehead atoms. The second-order valence-corrected chi connectivity index (χ2v) is 9.08. The van der Waals surface area contributed by atoms with Crippen LogP contribution in [-0.4, -0.2) is 0 Å². The molecule has 1 N–H and O–H groups in total. The smallest absolute Gasteiger partial charge is 0.0715 e. The minimum atomic E-state index is -0.00824. The van der Waals surface area contributed by atoms with Gasteiger partial charge in [0.15, 0.2) is 0 Å². The SMILES string of the molecule is CC.Cc1cc(C)cc(C2C=C(Cl)c3cc4c(cc3N2)C(C)(C)c2ccccc2-4)c1. The highest BCUT2D eigenvalue weighted by atomic mass is 35.5. The lowest BCUT2D eigenvalue weighted by atomic mass is 9.81. The highest BCUT2D eigenvalue weighted by molar-refractivity contribution is 6.49.